The third kappa shape index (κ3) is 2.47. The molecule has 3 rings (SSSR count). The molecule has 0 aliphatic carbocycles. The van der Waals surface area contributed by atoms with E-state index in [2.05, 4.69) is 9.88 Å². The van der Waals surface area contributed by atoms with Crippen molar-refractivity contribution in [2.24, 2.45) is 5.92 Å². The fraction of sp³-hybridized carbons (Fsp3) is 0.400. The molecule has 0 unspecified atom stereocenters. The second-order valence-electron chi connectivity index (χ2n) is 5.12. The number of phenolic OH excluding ortho intramolecular Hbond substituents is 1. The molecule has 0 atom stereocenters. The van der Waals surface area contributed by atoms with Gasteiger partial charge in [-0.1, -0.05) is 6.07 Å². The van der Waals surface area contributed by atoms with Gasteiger partial charge in [0.1, 0.15) is 11.6 Å². The Balaban J connectivity index is 1.94. The van der Waals surface area contributed by atoms with Crippen LogP contribution >= 0.6 is 11.6 Å². The van der Waals surface area contributed by atoms with E-state index in [1.165, 1.54) is 0 Å². The zero-order valence-electron chi connectivity index (χ0n) is 10.7. The number of aromatic hydroxyl groups is 1. The number of halogens is 1. The zero-order valence-corrected chi connectivity index (χ0v) is 11.5. The van der Waals surface area contributed by atoms with Crippen molar-refractivity contribution in [2.45, 2.75) is 12.8 Å². The first-order valence-electron chi connectivity index (χ1n) is 6.66. The summed E-state index contributed by atoms with van der Waals surface area (Å²) in [5.74, 6) is 2.64. The Morgan fingerprint density at radius 1 is 1.26 bits per heavy atom. The van der Waals surface area contributed by atoms with E-state index in [-0.39, 0.29) is 5.75 Å². The summed E-state index contributed by atoms with van der Waals surface area (Å²) < 4.78 is 0. The fourth-order valence-electron chi connectivity index (χ4n) is 2.69. The molecule has 1 fully saturated rings. The van der Waals surface area contributed by atoms with Gasteiger partial charge in [0, 0.05) is 30.6 Å². The minimum Gasteiger partial charge on any atom is -0.508 e. The van der Waals surface area contributed by atoms with Crippen molar-refractivity contribution in [3.8, 4) is 5.75 Å². The van der Waals surface area contributed by atoms with Crippen molar-refractivity contribution in [3.63, 3.8) is 0 Å². The van der Waals surface area contributed by atoms with Gasteiger partial charge in [0.15, 0.2) is 0 Å². The number of rotatable bonds is 2. The highest BCUT2D eigenvalue weighted by molar-refractivity contribution is 6.18. The lowest BCUT2D eigenvalue weighted by molar-refractivity contribution is 0.441. The summed E-state index contributed by atoms with van der Waals surface area (Å²) in [5.41, 5.74) is 0. The van der Waals surface area contributed by atoms with Crippen LogP contribution in [-0.4, -0.2) is 29.1 Å². The van der Waals surface area contributed by atoms with Crippen LogP contribution in [0.1, 0.15) is 12.8 Å². The first-order chi connectivity index (χ1) is 9.28. The van der Waals surface area contributed by atoms with Crippen LogP contribution in [0.4, 0.5) is 5.82 Å². The normalized spacial score (nSPS) is 17.0. The number of anilines is 1. The van der Waals surface area contributed by atoms with Crippen molar-refractivity contribution in [2.75, 3.05) is 23.9 Å². The van der Waals surface area contributed by atoms with E-state index in [0.29, 0.717) is 5.92 Å². The predicted octanol–water partition coefficient (Wildman–Crippen LogP) is 3.40. The molecular weight excluding hydrogens is 260 g/mol. The summed E-state index contributed by atoms with van der Waals surface area (Å²) in [6, 6.07) is 7.42. The highest BCUT2D eigenvalue weighted by atomic mass is 35.5. The number of fused-ring (bicyclic) bond motifs is 1. The molecule has 3 nitrogen and oxygen atoms in total. The SMILES string of the molecule is Oc1ccc2ccnc(N3CCC(CCl)CC3)c2c1. The number of piperidine rings is 1. The summed E-state index contributed by atoms with van der Waals surface area (Å²) in [6.45, 7) is 1.97. The molecular formula is C15H17ClN2O. The lowest BCUT2D eigenvalue weighted by Crippen LogP contribution is -2.34. The summed E-state index contributed by atoms with van der Waals surface area (Å²) in [4.78, 5) is 6.80. The second-order valence-corrected chi connectivity index (χ2v) is 5.43. The Hall–Kier alpha value is -1.48. The number of alkyl halides is 1. The van der Waals surface area contributed by atoms with E-state index >= 15 is 0 Å². The van der Waals surface area contributed by atoms with Gasteiger partial charge in [-0.3, -0.25) is 0 Å². The molecule has 0 bridgehead atoms. The summed E-state index contributed by atoms with van der Waals surface area (Å²) >= 11 is 5.92. The first-order valence-corrected chi connectivity index (χ1v) is 7.20. The Kier molecular flexibility index (Phi) is 3.47. The van der Waals surface area contributed by atoms with Gasteiger partial charge in [-0.15, -0.1) is 11.6 Å². The highest BCUT2D eigenvalue weighted by Crippen LogP contribution is 2.30. The maximum Gasteiger partial charge on any atom is 0.136 e. The number of benzene rings is 1. The van der Waals surface area contributed by atoms with E-state index in [0.717, 1.165) is 48.4 Å². The van der Waals surface area contributed by atoms with Gasteiger partial charge in [-0.25, -0.2) is 4.98 Å². The molecule has 1 aliphatic heterocycles. The van der Waals surface area contributed by atoms with Crippen LogP contribution in [0.25, 0.3) is 10.8 Å². The Morgan fingerprint density at radius 2 is 2.05 bits per heavy atom. The molecule has 0 radical (unpaired) electrons. The van der Waals surface area contributed by atoms with Crippen molar-refractivity contribution >= 4 is 28.2 Å². The summed E-state index contributed by atoms with van der Waals surface area (Å²) in [6.07, 6.45) is 4.06. The van der Waals surface area contributed by atoms with Crippen LogP contribution in [0.15, 0.2) is 30.5 Å². The van der Waals surface area contributed by atoms with E-state index in [9.17, 15) is 5.11 Å². The number of aromatic nitrogens is 1. The smallest absolute Gasteiger partial charge is 0.136 e. The maximum absolute atomic E-state index is 9.67. The minimum absolute atomic E-state index is 0.289. The molecule has 1 aromatic carbocycles. The van der Waals surface area contributed by atoms with E-state index < -0.39 is 0 Å². The van der Waals surface area contributed by atoms with Gasteiger partial charge in [0.05, 0.1) is 0 Å². The summed E-state index contributed by atoms with van der Waals surface area (Å²) in [5, 5.41) is 11.8. The van der Waals surface area contributed by atoms with Crippen molar-refractivity contribution in [3.05, 3.63) is 30.5 Å². The van der Waals surface area contributed by atoms with Gasteiger partial charge >= 0.3 is 0 Å². The predicted molar refractivity (Wildman–Crippen MR) is 79.1 cm³/mol. The zero-order chi connectivity index (χ0) is 13.2. The van der Waals surface area contributed by atoms with Gasteiger partial charge in [0.2, 0.25) is 0 Å². The molecule has 1 N–H and O–H groups in total. The minimum atomic E-state index is 0.289. The molecule has 2 aromatic rings. The molecule has 100 valence electrons. The van der Waals surface area contributed by atoms with Crippen LogP contribution in [0.5, 0.6) is 5.75 Å². The topological polar surface area (TPSA) is 36.4 Å². The van der Waals surface area contributed by atoms with Crippen molar-refractivity contribution in [1.29, 1.82) is 0 Å². The van der Waals surface area contributed by atoms with Crippen molar-refractivity contribution in [1.82, 2.24) is 4.98 Å². The molecule has 0 spiro atoms. The summed E-state index contributed by atoms with van der Waals surface area (Å²) in [7, 11) is 0. The van der Waals surface area contributed by atoms with Crippen LogP contribution in [-0.2, 0) is 0 Å². The molecule has 1 saturated heterocycles. The third-order valence-corrected chi connectivity index (χ3v) is 4.30. The number of pyridine rings is 1. The number of phenols is 1. The Morgan fingerprint density at radius 3 is 2.79 bits per heavy atom. The van der Waals surface area contributed by atoms with Crippen LogP contribution < -0.4 is 4.90 Å². The molecule has 2 heterocycles. The fourth-order valence-corrected chi connectivity index (χ4v) is 3.00. The van der Waals surface area contributed by atoms with Crippen LogP contribution in [0.3, 0.4) is 0 Å². The molecule has 0 saturated carbocycles. The van der Waals surface area contributed by atoms with Gasteiger partial charge in [0.25, 0.3) is 0 Å². The average Bonchev–Trinajstić information content (AvgIpc) is 2.47. The highest BCUT2D eigenvalue weighted by Gasteiger charge is 2.20. The lowest BCUT2D eigenvalue weighted by Gasteiger charge is -2.32. The van der Waals surface area contributed by atoms with Crippen LogP contribution in [0, 0.1) is 5.92 Å². The number of nitrogens with zero attached hydrogens (tertiary/aromatic N) is 2. The molecule has 19 heavy (non-hydrogen) atoms. The lowest BCUT2D eigenvalue weighted by atomic mass is 9.98. The molecule has 0 amide bonds. The Bertz CT molecular complexity index is 579. The second kappa shape index (κ2) is 5.25. The van der Waals surface area contributed by atoms with E-state index in [1.54, 1.807) is 12.1 Å². The molecule has 4 heteroatoms. The van der Waals surface area contributed by atoms with E-state index in [1.807, 2.05) is 18.3 Å². The first kappa shape index (κ1) is 12.5. The van der Waals surface area contributed by atoms with Crippen LogP contribution in [0.2, 0.25) is 0 Å². The van der Waals surface area contributed by atoms with E-state index in [4.69, 9.17) is 11.6 Å². The van der Waals surface area contributed by atoms with Gasteiger partial charge < -0.3 is 10.0 Å². The number of hydrogen-bond acceptors (Lipinski definition) is 3. The monoisotopic (exact) mass is 276 g/mol. The maximum atomic E-state index is 9.67. The third-order valence-electron chi connectivity index (χ3n) is 3.86. The van der Waals surface area contributed by atoms with Crippen molar-refractivity contribution < 1.29 is 5.11 Å². The molecule has 1 aliphatic rings. The standard InChI is InChI=1S/C15H17ClN2O/c16-10-11-4-7-18(8-5-11)15-14-9-13(19)2-1-12(14)3-6-17-15/h1-3,6,9,11,19H,4-5,7-8,10H2. The largest absolute Gasteiger partial charge is 0.508 e. The number of hydrogen-bond donors (Lipinski definition) is 1. The van der Waals surface area contributed by atoms with Gasteiger partial charge in [-0.05, 0) is 42.3 Å². The average molecular weight is 277 g/mol. The van der Waals surface area contributed by atoms with Gasteiger partial charge in [-0.2, -0.15) is 0 Å². The Labute approximate surface area is 117 Å². The molecule has 1 aromatic heterocycles. The quantitative estimate of drug-likeness (QED) is 0.854.